The summed E-state index contributed by atoms with van der Waals surface area (Å²) in [6.45, 7) is 4.19. The molecule has 5 heteroatoms. The first-order valence-electron chi connectivity index (χ1n) is 4.45. The number of rotatable bonds is 5. The standard InChI is InChI=1S/C9H14N2O2S/c1-9(6-13-7-9)5-11-8(12)4-14-3-2-10/h3-7H2,1H3,(H,11,12). The number of amides is 1. The van der Waals surface area contributed by atoms with Crippen LogP contribution < -0.4 is 5.32 Å². The summed E-state index contributed by atoms with van der Waals surface area (Å²) < 4.78 is 5.07. The fraction of sp³-hybridized carbons (Fsp3) is 0.778. The molecule has 1 aliphatic rings. The van der Waals surface area contributed by atoms with Crippen molar-refractivity contribution in [2.75, 3.05) is 31.3 Å². The second kappa shape index (κ2) is 5.23. The minimum Gasteiger partial charge on any atom is -0.380 e. The van der Waals surface area contributed by atoms with Crippen molar-refractivity contribution in [3.63, 3.8) is 0 Å². The van der Waals surface area contributed by atoms with Crippen LogP contribution in [-0.2, 0) is 9.53 Å². The van der Waals surface area contributed by atoms with Crippen LogP contribution in [0.4, 0.5) is 0 Å². The molecule has 4 nitrogen and oxygen atoms in total. The summed E-state index contributed by atoms with van der Waals surface area (Å²) in [6.07, 6.45) is 0. The van der Waals surface area contributed by atoms with Gasteiger partial charge in [0.2, 0.25) is 5.91 Å². The Bertz CT molecular complexity index is 246. The Morgan fingerprint density at radius 3 is 2.93 bits per heavy atom. The number of nitriles is 1. The maximum atomic E-state index is 11.2. The molecule has 1 heterocycles. The average molecular weight is 214 g/mol. The van der Waals surface area contributed by atoms with E-state index in [1.54, 1.807) is 0 Å². The highest BCUT2D eigenvalue weighted by Gasteiger charge is 2.33. The second-order valence-electron chi connectivity index (χ2n) is 3.73. The zero-order valence-electron chi connectivity index (χ0n) is 8.21. The van der Waals surface area contributed by atoms with Crippen molar-refractivity contribution in [3.8, 4) is 6.07 Å². The maximum Gasteiger partial charge on any atom is 0.230 e. The van der Waals surface area contributed by atoms with Crippen molar-refractivity contribution in [2.45, 2.75) is 6.92 Å². The third-order valence-electron chi connectivity index (χ3n) is 2.01. The van der Waals surface area contributed by atoms with Gasteiger partial charge in [-0.2, -0.15) is 5.26 Å². The van der Waals surface area contributed by atoms with Gasteiger partial charge in [0.05, 0.1) is 30.8 Å². The Hall–Kier alpha value is -0.730. The molecule has 0 bridgehead atoms. The Morgan fingerprint density at radius 1 is 1.71 bits per heavy atom. The van der Waals surface area contributed by atoms with Gasteiger partial charge in [0.25, 0.3) is 0 Å². The molecule has 0 radical (unpaired) electrons. The highest BCUT2D eigenvalue weighted by Crippen LogP contribution is 2.24. The van der Waals surface area contributed by atoms with Gasteiger partial charge in [-0.05, 0) is 0 Å². The lowest BCUT2D eigenvalue weighted by atomic mass is 9.89. The predicted octanol–water partition coefficient (Wildman–Crippen LogP) is 0.396. The maximum absolute atomic E-state index is 11.2. The molecule has 0 spiro atoms. The highest BCUT2D eigenvalue weighted by atomic mass is 32.2. The number of hydrogen-bond donors (Lipinski definition) is 1. The molecule has 0 saturated carbocycles. The monoisotopic (exact) mass is 214 g/mol. The number of thioether (sulfide) groups is 1. The quantitative estimate of drug-likeness (QED) is 0.673. The molecule has 14 heavy (non-hydrogen) atoms. The van der Waals surface area contributed by atoms with E-state index in [4.69, 9.17) is 10.00 Å². The van der Waals surface area contributed by atoms with Crippen LogP contribution in [0.2, 0.25) is 0 Å². The van der Waals surface area contributed by atoms with Crippen molar-refractivity contribution in [1.29, 1.82) is 5.26 Å². The summed E-state index contributed by atoms with van der Waals surface area (Å²) >= 11 is 1.33. The van der Waals surface area contributed by atoms with Crippen LogP contribution in [-0.4, -0.2) is 37.2 Å². The zero-order chi connectivity index (χ0) is 10.4. The van der Waals surface area contributed by atoms with Crippen LogP contribution >= 0.6 is 11.8 Å². The molecule has 78 valence electrons. The minimum absolute atomic E-state index is 0.00150. The molecule has 1 amide bonds. The van der Waals surface area contributed by atoms with E-state index in [1.807, 2.05) is 6.07 Å². The van der Waals surface area contributed by atoms with Crippen molar-refractivity contribution in [2.24, 2.45) is 5.41 Å². The van der Waals surface area contributed by atoms with E-state index >= 15 is 0 Å². The largest absolute Gasteiger partial charge is 0.380 e. The molecular formula is C9H14N2O2S. The second-order valence-corrected chi connectivity index (χ2v) is 4.72. The molecule has 1 saturated heterocycles. The van der Waals surface area contributed by atoms with Crippen molar-refractivity contribution in [3.05, 3.63) is 0 Å². The number of hydrogen-bond acceptors (Lipinski definition) is 4. The SMILES string of the molecule is CC1(CNC(=O)CSCC#N)COC1. The van der Waals surface area contributed by atoms with Gasteiger partial charge < -0.3 is 10.1 Å². The van der Waals surface area contributed by atoms with Gasteiger partial charge in [-0.3, -0.25) is 4.79 Å². The van der Waals surface area contributed by atoms with E-state index in [2.05, 4.69) is 12.2 Å². The first kappa shape index (κ1) is 11.3. The number of nitrogens with zero attached hydrogens (tertiary/aromatic N) is 1. The van der Waals surface area contributed by atoms with Crippen LogP contribution in [0.5, 0.6) is 0 Å². The molecule has 1 rings (SSSR count). The van der Waals surface area contributed by atoms with E-state index in [0.29, 0.717) is 18.1 Å². The van der Waals surface area contributed by atoms with Gasteiger partial charge in [0.1, 0.15) is 0 Å². The zero-order valence-corrected chi connectivity index (χ0v) is 9.02. The molecule has 0 atom stereocenters. The normalized spacial score (nSPS) is 18.0. The van der Waals surface area contributed by atoms with E-state index in [1.165, 1.54) is 11.8 Å². The van der Waals surface area contributed by atoms with E-state index in [9.17, 15) is 4.79 Å². The Kier molecular flexibility index (Phi) is 4.23. The number of carbonyl (C=O) groups is 1. The molecule has 0 aromatic rings. The van der Waals surface area contributed by atoms with Gasteiger partial charge >= 0.3 is 0 Å². The van der Waals surface area contributed by atoms with E-state index < -0.39 is 0 Å². The van der Waals surface area contributed by atoms with Gasteiger partial charge in [-0.15, -0.1) is 11.8 Å². The fourth-order valence-electron chi connectivity index (χ4n) is 1.10. The molecule has 1 aliphatic heterocycles. The van der Waals surface area contributed by atoms with E-state index in [-0.39, 0.29) is 11.3 Å². The summed E-state index contributed by atoms with van der Waals surface area (Å²) in [6, 6.07) is 1.98. The summed E-state index contributed by atoms with van der Waals surface area (Å²) in [5, 5.41) is 11.1. The molecular weight excluding hydrogens is 200 g/mol. The fourth-order valence-corrected chi connectivity index (χ4v) is 1.59. The third-order valence-corrected chi connectivity index (χ3v) is 2.81. The van der Waals surface area contributed by atoms with Crippen LogP contribution in [0.25, 0.3) is 0 Å². The Balaban J connectivity index is 2.06. The average Bonchev–Trinajstić information content (AvgIpc) is 2.12. The molecule has 1 N–H and O–H groups in total. The topological polar surface area (TPSA) is 62.1 Å². The molecule has 0 aromatic carbocycles. The van der Waals surface area contributed by atoms with Gasteiger partial charge in [0.15, 0.2) is 0 Å². The minimum atomic E-state index is -0.00150. The molecule has 0 aromatic heterocycles. The lowest BCUT2D eigenvalue weighted by molar-refractivity contribution is -0.124. The Labute approximate surface area is 88.0 Å². The van der Waals surface area contributed by atoms with Crippen LogP contribution in [0, 0.1) is 16.7 Å². The summed E-state index contributed by atoms with van der Waals surface area (Å²) in [7, 11) is 0. The van der Waals surface area contributed by atoms with E-state index in [0.717, 1.165) is 13.2 Å². The number of nitrogens with one attached hydrogen (secondary N) is 1. The summed E-state index contributed by atoms with van der Waals surface area (Å²) in [5.74, 6) is 0.733. The molecule has 0 unspecified atom stereocenters. The van der Waals surface area contributed by atoms with Crippen molar-refractivity contribution >= 4 is 17.7 Å². The van der Waals surface area contributed by atoms with Crippen LogP contribution in [0.1, 0.15) is 6.92 Å². The van der Waals surface area contributed by atoms with Gasteiger partial charge in [-0.25, -0.2) is 0 Å². The Morgan fingerprint density at radius 2 is 2.43 bits per heavy atom. The summed E-state index contributed by atoms with van der Waals surface area (Å²) in [5.41, 5.74) is 0.121. The number of carbonyl (C=O) groups excluding carboxylic acids is 1. The van der Waals surface area contributed by atoms with Crippen LogP contribution in [0.15, 0.2) is 0 Å². The number of ether oxygens (including phenoxy) is 1. The van der Waals surface area contributed by atoms with Crippen LogP contribution in [0.3, 0.4) is 0 Å². The smallest absolute Gasteiger partial charge is 0.230 e. The molecule has 1 fully saturated rings. The first-order chi connectivity index (χ1) is 6.66. The molecule has 0 aliphatic carbocycles. The lowest BCUT2D eigenvalue weighted by Crippen LogP contribution is -2.48. The summed E-state index contributed by atoms with van der Waals surface area (Å²) in [4.78, 5) is 11.2. The predicted molar refractivity (Wildman–Crippen MR) is 54.9 cm³/mol. The van der Waals surface area contributed by atoms with Gasteiger partial charge in [-0.1, -0.05) is 6.92 Å². The third kappa shape index (κ3) is 3.56. The lowest BCUT2D eigenvalue weighted by Gasteiger charge is -2.37. The van der Waals surface area contributed by atoms with Crippen molar-refractivity contribution < 1.29 is 9.53 Å². The van der Waals surface area contributed by atoms with Gasteiger partial charge in [0, 0.05) is 12.0 Å². The van der Waals surface area contributed by atoms with Crippen molar-refractivity contribution in [1.82, 2.24) is 5.32 Å². The first-order valence-corrected chi connectivity index (χ1v) is 5.61. The highest BCUT2D eigenvalue weighted by molar-refractivity contribution is 8.00.